The van der Waals surface area contributed by atoms with Gasteiger partial charge in [-0.2, -0.15) is 0 Å². The lowest BCUT2D eigenvalue weighted by Crippen LogP contribution is -2.45. The van der Waals surface area contributed by atoms with Gasteiger partial charge in [-0.3, -0.25) is 9.59 Å². The number of aliphatic carboxylic acids is 1. The smallest absolute Gasteiger partial charge is 0.304 e. The first-order chi connectivity index (χ1) is 16.6. The fourth-order valence-electron chi connectivity index (χ4n) is 5.27. The molecule has 4 N–H and O–H groups in total. The highest BCUT2D eigenvalue weighted by atomic mass is 16.4. The largest absolute Gasteiger partial charge is 0.481 e. The van der Waals surface area contributed by atoms with Crippen LogP contribution in [-0.4, -0.2) is 47.6 Å². The summed E-state index contributed by atoms with van der Waals surface area (Å²) in [5.41, 5.74) is 1.89. The quantitative estimate of drug-likeness (QED) is 0.449. The molecule has 1 atom stereocenters. The van der Waals surface area contributed by atoms with Crippen molar-refractivity contribution in [2.24, 2.45) is 0 Å². The molecular weight excluding hydrogens is 428 g/mol. The molecule has 0 radical (unpaired) electrons. The van der Waals surface area contributed by atoms with Crippen LogP contribution in [0.4, 0.5) is 5.82 Å². The summed E-state index contributed by atoms with van der Waals surface area (Å²) in [6.07, 6.45) is 8.04. The molecule has 34 heavy (non-hydrogen) atoms. The highest BCUT2D eigenvalue weighted by Crippen LogP contribution is 2.35. The predicted molar refractivity (Wildman–Crippen MR) is 133 cm³/mol. The van der Waals surface area contributed by atoms with Crippen molar-refractivity contribution in [3.05, 3.63) is 59.3 Å². The van der Waals surface area contributed by atoms with E-state index in [0.717, 1.165) is 57.2 Å². The summed E-state index contributed by atoms with van der Waals surface area (Å²) in [4.78, 5) is 29.8. The van der Waals surface area contributed by atoms with E-state index in [1.807, 2.05) is 30.3 Å². The second kappa shape index (κ2) is 11.5. The van der Waals surface area contributed by atoms with E-state index < -0.39 is 11.4 Å². The Labute approximate surface area is 201 Å². The lowest BCUT2D eigenvalue weighted by atomic mass is 9.74. The van der Waals surface area contributed by atoms with Gasteiger partial charge in [0.25, 0.3) is 5.91 Å². The summed E-state index contributed by atoms with van der Waals surface area (Å²) in [6.45, 7) is 2.09. The standard InChI is InChI=1S/C27H36N4O3/c32-24(33)18-27(15-7-16-28-19-27)23-13-12-22(26(34)30-21-10-5-2-6-11-21)25(31-23)29-17-14-20-8-3-1-4-9-20/h1,3-4,8-9,12-13,21,28H,2,5-7,10-11,14-19H2,(H,29,31)(H,30,34)(H,32,33)/t27-/m0/s1. The van der Waals surface area contributed by atoms with Crippen molar-refractivity contribution < 1.29 is 14.7 Å². The van der Waals surface area contributed by atoms with Crippen LogP contribution >= 0.6 is 0 Å². The number of carbonyl (C=O) groups excluding carboxylic acids is 1. The van der Waals surface area contributed by atoms with Crippen molar-refractivity contribution in [2.75, 3.05) is 25.0 Å². The fourth-order valence-corrected chi connectivity index (χ4v) is 5.27. The van der Waals surface area contributed by atoms with E-state index in [-0.39, 0.29) is 18.4 Å². The average molecular weight is 465 g/mol. The Kier molecular flexibility index (Phi) is 8.16. The van der Waals surface area contributed by atoms with Crippen molar-refractivity contribution in [3.8, 4) is 0 Å². The van der Waals surface area contributed by atoms with E-state index >= 15 is 0 Å². The zero-order valence-electron chi connectivity index (χ0n) is 19.8. The second-order valence-corrected chi connectivity index (χ2v) is 9.69. The number of rotatable bonds is 9. The maximum Gasteiger partial charge on any atom is 0.304 e. The van der Waals surface area contributed by atoms with Crippen LogP contribution in [0.15, 0.2) is 42.5 Å². The lowest BCUT2D eigenvalue weighted by Gasteiger charge is -2.36. The molecule has 4 rings (SSSR count). The summed E-state index contributed by atoms with van der Waals surface area (Å²) in [7, 11) is 0. The Balaban J connectivity index is 1.58. The summed E-state index contributed by atoms with van der Waals surface area (Å²) in [5.74, 6) is -0.400. The molecule has 1 saturated carbocycles. The summed E-state index contributed by atoms with van der Waals surface area (Å²) in [6, 6.07) is 14.1. The number of carbonyl (C=O) groups is 2. The van der Waals surface area contributed by atoms with E-state index in [1.165, 1.54) is 12.0 Å². The molecule has 7 heteroatoms. The highest BCUT2D eigenvalue weighted by Gasteiger charge is 2.38. The van der Waals surface area contributed by atoms with Gasteiger partial charge in [0.1, 0.15) is 5.82 Å². The zero-order valence-corrected chi connectivity index (χ0v) is 19.8. The highest BCUT2D eigenvalue weighted by molar-refractivity contribution is 5.99. The third kappa shape index (κ3) is 6.14. The lowest BCUT2D eigenvalue weighted by molar-refractivity contribution is -0.138. The fraction of sp³-hybridized carbons (Fsp3) is 0.519. The maximum absolute atomic E-state index is 13.2. The molecule has 1 saturated heterocycles. The average Bonchev–Trinajstić information content (AvgIpc) is 2.85. The van der Waals surface area contributed by atoms with Crippen molar-refractivity contribution in [3.63, 3.8) is 0 Å². The number of benzene rings is 1. The Bertz CT molecular complexity index is 967. The maximum atomic E-state index is 13.2. The van der Waals surface area contributed by atoms with Crippen molar-refractivity contribution in [2.45, 2.75) is 69.2 Å². The minimum Gasteiger partial charge on any atom is -0.481 e. The predicted octanol–water partition coefficient (Wildman–Crippen LogP) is 3.89. The van der Waals surface area contributed by atoms with E-state index in [4.69, 9.17) is 4.98 Å². The first kappa shape index (κ1) is 24.2. The van der Waals surface area contributed by atoms with Crippen LogP contribution in [0.3, 0.4) is 0 Å². The van der Waals surface area contributed by atoms with Gasteiger partial charge in [0.15, 0.2) is 0 Å². The number of nitrogens with one attached hydrogen (secondary N) is 3. The Hall–Kier alpha value is -2.93. The van der Waals surface area contributed by atoms with Gasteiger partial charge in [0, 0.05) is 24.5 Å². The van der Waals surface area contributed by atoms with Crippen molar-refractivity contribution in [1.29, 1.82) is 0 Å². The van der Waals surface area contributed by atoms with Crippen LogP contribution in [0.25, 0.3) is 0 Å². The molecule has 2 heterocycles. The minimum atomic E-state index is -0.830. The SMILES string of the molecule is O=C(O)C[C@@]1(c2ccc(C(=O)NC3CCCCC3)c(NCCc3ccccc3)n2)CCCNC1. The number of aromatic nitrogens is 1. The first-order valence-electron chi connectivity index (χ1n) is 12.6. The molecule has 1 aromatic carbocycles. The normalized spacial score (nSPS) is 21.1. The molecule has 1 aromatic heterocycles. The molecule has 1 aliphatic carbocycles. The molecule has 2 aliphatic rings. The van der Waals surface area contributed by atoms with Crippen LogP contribution in [0.2, 0.25) is 0 Å². The van der Waals surface area contributed by atoms with Crippen LogP contribution in [0, 0.1) is 0 Å². The minimum absolute atomic E-state index is 0.0179. The molecule has 182 valence electrons. The molecule has 0 bridgehead atoms. The Morgan fingerprint density at radius 3 is 2.56 bits per heavy atom. The van der Waals surface area contributed by atoms with Gasteiger partial charge >= 0.3 is 5.97 Å². The van der Waals surface area contributed by atoms with E-state index in [9.17, 15) is 14.7 Å². The van der Waals surface area contributed by atoms with E-state index in [2.05, 4.69) is 28.1 Å². The number of carboxylic acids is 1. The van der Waals surface area contributed by atoms with Crippen LogP contribution in [0.1, 0.15) is 73.0 Å². The number of piperidine rings is 1. The third-order valence-electron chi connectivity index (χ3n) is 7.13. The first-order valence-corrected chi connectivity index (χ1v) is 12.6. The van der Waals surface area contributed by atoms with Gasteiger partial charge in [0.2, 0.25) is 0 Å². The summed E-state index contributed by atoms with van der Waals surface area (Å²) in [5, 5.41) is 19.6. The van der Waals surface area contributed by atoms with Gasteiger partial charge in [-0.1, -0.05) is 49.6 Å². The number of nitrogens with zero attached hydrogens (tertiary/aromatic N) is 1. The number of amides is 1. The number of anilines is 1. The summed E-state index contributed by atoms with van der Waals surface area (Å²) >= 11 is 0. The molecular formula is C27H36N4O3. The molecule has 1 aliphatic heterocycles. The second-order valence-electron chi connectivity index (χ2n) is 9.69. The number of pyridine rings is 1. The molecule has 2 fully saturated rings. The topological polar surface area (TPSA) is 103 Å². The van der Waals surface area contributed by atoms with Gasteiger partial charge < -0.3 is 21.1 Å². The van der Waals surface area contributed by atoms with E-state index in [1.54, 1.807) is 0 Å². The van der Waals surface area contributed by atoms with Crippen LogP contribution < -0.4 is 16.0 Å². The van der Waals surface area contributed by atoms with Crippen LogP contribution in [0.5, 0.6) is 0 Å². The monoisotopic (exact) mass is 464 g/mol. The zero-order chi connectivity index (χ0) is 23.8. The number of hydrogen-bond acceptors (Lipinski definition) is 5. The van der Waals surface area contributed by atoms with Gasteiger partial charge in [-0.25, -0.2) is 4.98 Å². The molecule has 0 unspecified atom stereocenters. The molecule has 2 aromatic rings. The third-order valence-corrected chi connectivity index (χ3v) is 7.13. The van der Waals surface area contributed by atoms with E-state index in [0.29, 0.717) is 24.5 Å². The molecule has 0 spiro atoms. The van der Waals surface area contributed by atoms with Crippen LogP contribution in [-0.2, 0) is 16.6 Å². The summed E-state index contributed by atoms with van der Waals surface area (Å²) < 4.78 is 0. The van der Waals surface area contributed by atoms with Gasteiger partial charge in [-0.15, -0.1) is 0 Å². The number of hydrogen-bond donors (Lipinski definition) is 4. The van der Waals surface area contributed by atoms with Crippen molar-refractivity contribution >= 4 is 17.7 Å². The Morgan fingerprint density at radius 2 is 1.85 bits per heavy atom. The van der Waals surface area contributed by atoms with Gasteiger partial charge in [-0.05, 0) is 56.3 Å². The Morgan fingerprint density at radius 1 is 1.06 bits per heavy atom. The molecule has 7 nitrogen and oxygen atoms in total. The number of carboxylic acid groups (broad SMARTS) is 1. The van der Waals surface area contributed by atoms with Crippen molar-refractivity contribution in [1.82, 2.24) is 15.6 Å². The van der Waals surface area contributed by atoms with Gasteiger partial charge in [0.05, 0.1) is 17.7 Å². The molecule has 1 amide bonds.